The molecule has 2 heteroatoms. The van der Waals surface area contributed by atoms with Gasteiger partial charge in [0.25, 0.3) is 0 Å². The van der Waals surface area contributed by atoms with Gasteiger partial charge in [-0.2, -0.15) is 0 Å². The van der Waals surface area contributed by atoms with E-state index in [1.165, 1.54) is 25.9 Å². The standard InChI is InChI=1S/C11H19N2/c1-3-11(10(2)12)6-9-13-7-4-5-8-13/h6,9,11-12H,1,3-5,7-8H2,2H3. The van der Waals surface area contributed by atoms with Gasteiger partial charge in [-0.25, -0.2) is 0 Å². The fourth-order valence-electron chi connectivity index (χ4n) is 1.57. The van der Waals surface area contributed by atoms with Crippen molar-refractivity contribution in [1.82, 2.24) is 4.90 Å². The molecule has 1 aliphatic rings. The van der Waals surface area contributed by atoms with Gasteiger partial charge in [-0.15, -0.1) is 0 Å². The van der Waals surface area contributed by atoms with Gasteiger partial charge in [-0.05, 0) is 32.4 Å². The van der Waals surface area contributed by atoms with Gasteiger partial charge >= 0.3 is 0 Å². The highest BCUT2D eigenvalue weighted by atomic mass is 15.1. The van der Waals surface area contributed by atoms with E-state index in [0.717, 1.165) is 6.42 Å². The molecule has 0 amide bonds. The summed E-state index contributed by atoms with van der Waals surface area (Å²) in [5.41, 5.74) is 0.713. The van der Waals surface area contributed by atoms with Crippen LogP contribution in [0, 0.1) is 18.3 Å². The largest absolute Gasteiger partial charge is 0.378 e. The van der Waals surface area contributed by atoms with E-state index in [0.29, 0.717) is 5.71 Å². The molecule has 13 heavy (non-hydrogen) atoms. The number of nitrogens with zero attached hydrogens (tertiary/aromatic N) is 1. The van der Waals surface area contributed by atoms with Crippen molar-refractivity contribution < 1.29 is 0 Å². The summed E-state index contributed by atoms with van der Waals surface area (Å²) >= 11 is 0. The molecule has 0 saturated carbocycles. The monoisotopic (exact) mass is 179 g/mol. The predicted molar refractivity (Wildman–Crippen MR) is 56.8 cm³/mol. The Bertz CT molecular complexity index is 190. The highest BCUT2D eigenvalue weighted by Gasteiger charge is 2.08. The fourth-order valence-corrected chi connectivity index (χ4v) is 1.57. The Labute approximate surface area is 81.1 Å². The van der Waals surface area contributed by atoms with Crippen LogP contribution in [0.4, 0.5) is 0 Å². The van der Waals surface area contributed by atoms with Crippen LogP contribution < -0.4 is 0 Å². The average Bonchev–Trinajstić information content (AvgIpc) is 2.57. The smallest absolute Gasteiger partial charge is 0.0173 e. The molecule has 0 bridgehead atoms. The normalized spacial score (nSPS) is 19.7. The highest BCUT2D eigenvalue weighted by Crippen LogP contribution is 2.11. The minimum atomic E-state index is 0.237. The minimum absolute atomic E-state index is 0.237. The van der Waals surface area contributed by atoms with Crippen molar-refractivity contribution >= 4 is 5.71 Å². The average molecular weight is 179 g/mol. The van der Waals surface area contributed by atoms with Crippen LogP contribution in [0.25, 0.3) is 0 Å². The van der Waals surface area contributed by atoms with Gasteiger partial charge in [0.15, 0.2) is 0 Å². The molecule has 1 heterocycles. The predicted octanol–water partition coefficient (Wildman–Crippen LogP) is 2.48. The van der Waals surface area contributed by atoms with Crippen LogP contribution in [-0.4, -0.2) is 23.7 Å². The van der Waals surface area contributed by atoms with Gasteiger partial charge in [-0.3, -0.25) is 0 Å². The zero-order valence-corrected chi connectivity index (χ0v) is 8.42. The van der Waals surface area contributed by atoms with Crippen LogP contribution in [-0.2, 0) is 0 Å². The van der Waals surface area contributed by atoms with Crippen molar-refractivity contribution in [2.24, 2.45) is 5.92 Å². The van der Waals surface area contributed by atoms with E-state index in [1.54, 1.807) is 0 Å². The van der Waals surface area contributed by atoms with Gasteiger partial charge < -0.3 is 10.3 Å². The number of likely N-dealkylation sites (tertiary alicyclic amines) is 1. The van der Waals surface area contributed by atoms with Crippen molar-refractivity contribution in [3.63, 3.8) is 0 Å². The number of rotatable bonds is 4. The Hall–Kier alpha value is -0.790. The molecule has 0 aromatic carbocycles. The van der Waals surface area contributed by atoms with Gasteiger partial charge in [0, 0.05) is 24.7 Å². The fraction of sp³-hybridized carbons (Fsp3) is 0.636. The molecule has 0 aromatic heterocycles. The van der Waals surface area contributed by atoms with E-state index in [2.05, 4.69) is 24.1 Å². The van der Waals surface area contributed by atoms with E-state index in [4.69, 9.17) is 5.41 Å². The van der Waals surface area contributed by atoms with Gasteiger partial charge in [0.1, 0.15) is 0 Å². The van der Waals surface area contributed by atoms with Crippen molar-refractivity contribution in [2.45, 2.75) is 26.2 Å². The summed E-state index contributed by atoms with van der Waals surface area (Å²) in [4.78, 5) is 2.33. The molecule has 1 N–H and O–H groups in total. The molecule has 1 unspecified atom stereocenters. The summed E-state index contributed by atoms with van der Waals surface area (Å²) < 4.78 is 0. The van der Waals surface area contributed by atoms with Crippen LogP contribution >= 0.6 is 0 Å². The van der Waals surface area contributed by atoms with E-state index in [1.807, 2.05) is 6.92 Å². The number of nitrogens with one attached hydrogen (secondary N) is 1. The lowest BCUT2D eigenvalue weighted by Gasteiger charge is -2.13. The van der Waals surface area contributed by atoms with E-state index in [-0.39, 0.29) is 5.92 Å². The van der Waals surface area contributed by atoms with Crippen molar-refractivity contribution in [3.8, 4) is 0 Å². The minimum Gasteiger partial charge on any atom is -0.378 e. The van der Waals surface area contributed by atoms with Crippen molar-refractivity contribution in [3.05, 3.63) is 19.2 Å². The maximum absolute atomic E-state index is 7.52. The van der Waals surface area contributed by atoms with Crippen LogP contribution in [0.15, 0.2) is 12.3 Å². The molecule has 1 fully saturated rings. The topological polar surface area (TPSA) is 27.1 Å². The van der Waals surface area contributed by atoms with Crippen LogP contribution in [0.5, 0.6) is 0 Å². The quantitative estimate of drug-likeness (QED) is 0.659. The lowest BCUT2D eigenvalue weighted by Crippen LogP contribution is -2.13. The second-order valence-corrected chi connectivity index (χ2v) is 3.66. The van der Waals surface area contributed by atoms with Gasteiger partial charge in [-0.1, -0.05) is 13.0 Å². The number of hydrogen-bond acceptors (Lipinski definition) is 2. The molecule has 0 aliphatic carbocycles. The third-order valence-electron chi connectivity index (χ3n) is 2.54. The highest BCUT2D eigenvalue weighted by molar-refractivity contribution is 5.82. The first-order chi connectivity index (χ1) is 6.24. The molecule has 1 saturated heterocycles. The van der Waals surface area contributed by atoms with Crippen LogP contribution in [0.3, 0.4) is 0 Å². The van der Waals surface area contributed by atoms with Gasteiger partial charge in [0.2, 0.25) is 0 Å². The number of hydrogen-bond donors (Lipinski definition) is 1. The number of allylic oxidation sites excluding steroid dienone is 1. The maximum Gasteiger partial charge on any atom is 0.0173 e. The summed E-state index contributed by atoms with van der Waals surface area (Å²) in [5.74, 6) is 0.237. The van der Waals surface area contributed by atoms with E-state index in [9.17, 15) is 0 Å². The first kappa shape index (κ1) is 10.3. The Balaban J connectivity index is 2.39. The van der Waals surface area contributed by atoms with Crippen molar-refractivity contribution in [1.29, 1.82) is 5.41 Å². The summed E-state index contributed by atoms with van der Waals surface area (Å²) in [7, 11) is 0. The zero-order valence-electron chi connectivity index (χ0n) is 8.42. The molecule has 1 aliphatic heterocycles. The second kappa shape index (κ2) is 5.05. The second-order valence-electron chi connectivity index (χ2n) is 3.66. The van der Waals surface area contributed by atoms with E-state index < -0.39 is 0 Å². The molecule has 2 nitrogen and oxygen atoms in total. The Morgan fingerprint density at radius 1 is 1.54 bits per heavy atom. The maximum atomic E-state index is 7.52. The first-order valence-electron chi connectivity index (χ1n) is 5.00. The molecule has 73 valence electrons. The summed E-state index contributed by atoms with van der Waals surface area (Å²) in [6.07, 6.45) is 7.66. The molecule has 1 atom stereocenters. The van der Waals surface area contributed by atoms with Crippen molar-refractivity contribution in [2.75, 3.05) is 13.1 Å². The lowest BCUT2D eigenvalue weighted by molar-refractivity contribution is 0.464. The third kappa shape index (κ3) is 3.21. The zero-order chi connectivity index (χ0) is 9.68. The summed E-state index contributed by atoms with van der Waals surface area (Å²) in [6, 6.07) is 0. The summed E-state index contributed by atoms with van der Waals surface area (Å²) in [6.45, 7) is 8.05. The molecule has 0 spiro atoms. The Morgan fingerprint density at radius 2 is 2.15 bits per heavy atom. The molecule has 0 aromatic rings. The van der Waals surface area contributed by atoms with E-state index >= 15 is 0 Å². The first-order valence-corrected chi connectivity index (χ1v) is 5.00. The SMILES string of the molecule is [CH2]CC(C=CN1CCCC1)C(C)=N. The summed E-state index contributed by atoms with van der Waals surface area (Å²) in [5, 5.41) is 7.52. The molecule has 1 radical (unpaired) electrons. The Kier molecular flexibility index (Phi) is 4.00. The van der Waals surface area contributed by atoms with Crippen LogP contribution in [0.1, 0.15) is 26.2 Å². The third-order valence-corrected chi connectivity index (χ3v) is 2.54. The molecule has 1 rings (SSSR count). The molecular formula is C11H19N2. The molecular weight excluding hydrogens is 160 g/mol. The van der Waals surface area contributed by atoms with Gasteiger partial charge in [0.05, 0.1) is 0 Å². The lowest BCUT2D eigenvalue weighted by atomic mass is 10.0. The van der Waals surface area contributed by atoms with Crippen LogP contribution in [0.2, 0.25) is 0 Å². The Morgan fingerprint density at radius 3 is 2.62 bits per heavy atom.